The Morgan fingerprint density at radius 3 is 1.48 bits per heavy atom. The average molecular weight is 858 g/mol. The van der Waals surface area contributed by atoms with E-state index in [0.29, 0.717) is 40.5 Å². The monoisotopic (exact) mass is 857 g/mol. The summed E-state index contributed by atoms with van der Waals surface area (Å²) >= 11 is 0. The number of nitrogens with zero attached hydrogens (tertiary/aromatic N) is 3. The molecule has 67 heavy (non-hydrogen) atoms. The molecule has 0 radical (unpaired) electrons. The highest BCUT2D eigenvalue weighted by molar-refractivity contribution is 6.04. The van der Waals surface area contributed by atoms with E-state index in [1.165, 1.54) is 16.7 Å². The minimum absolute atomic E-state index is 0.554. The van der Waals surface area contributed by atoms with Gasteiger partial charge in [-0.05, 0) is 73.5 Å². The van der Waals surface area contributed by atoms with E-state index in [1.807, 2.05) is 60.7 Å². The van der Waals surface area contributed by atoms with Crippen molar-refractivity contribution in [2.24, 2.45) is 0 Å². The first kappa shape index (κ1) is 38.5. The fourth-order valence-corrected chi connectivity index (χ4v) is 10.4. The Morgan fingerprint density at radius 1 is 0.284 bits per heavy atom. The molecule has 2 heterocycles. The Labute approximate surface area is 388 Å². The summed E-state index contributed by atoms with van der Waals surface area (Å²) in [7, 11) is 0. The van der Waals surface area contributed by atoms with Crippen molar-refractivity contribution in [1.82, 2.24) is 15.0 Å². The van der Waals surface area contributed by atoms with E-state index >= 15 is 0 Å². The van der Waals surface area contributed by atoms with Crippen LogP contribution in [-0.4, -0.2) is 15.0 Å². The van der Waals surface area contributed by atoms with Crippen LogP contribution in [0.5, 0.6) is 23.0 Å². The van der Waals surface area contributed by atoms with Crippen LogP contribution in [0.15, 0.2) is 237 Å². The van der Waals surface area contributed by atoms with Gasteiger partial charge in [-0.2, -0.15) is 0 Å². The van der Waals surface area contributed by atoms with Gasteiger partial charge in [-0.1, -0.05) is 218 Å². The molecule has 10 aromatic carbocycles. The molecule has 0 bridgehead atoms. The number of fused-ring (bicyclic) bond motifs is 7. The molecule has 0 N–H and O–H groups in total. The summed E-state index contributed by atoms with van der Waals surface area (Å²) in [6, 6.07) is 82.4. The summed E-state index contributed by atoms with van der Waals surface area (Å²) in [4.78, 5) is 15.7. The molecule has 13 rings (SSSR count). The second-order valence-corrected chi connectivity index (χ2v) is 17.0. The van der Waals surface area contributed by atoms with E-state index < -0.39 is 5.41 Å². The average Bonchev–Trinajstić information content (AvgIpc) is 3.72. The molecule has 0 unspecified atom stereocenters. The van der Waals surface area contributed by atoms with Gasteiger partial charge in [-0.3, -0.25) is 0 Å². The summed E-state index contributed by atoms with van der Waals surface area (Å²) in [5, 5.41) is 2.19. The molecule has 1 aromatic heterocycles. The number of ether oxygens (including phenoxy) is 2. The lowest BCUT2D eigenvalue weighted by Gasteiger charge is -2.34. The summed E-state index contributed by atoms with van der Waals surface area (Å²) in [6.07, 6.45) is 0. The van der Waals surface area contributed by atoms with Gasteiger partial charge in [-0.15, -0.1) is 0 Å². The number of hydrogen-bond acceptors (Lipinski definition) is 5. The van der Waals surface area contributed by atoms with E-state index in [4.69, 9.17) is 24.4 Å². The minimum Gasteiger partial charge on any atom is -0.449 e. The number of rotatable bonds is 7. The molecule has 314 valence electrons. The molecule has 2 aliphatic rings. The molecule has 5 heteroatoms. The molecule has 5 nitrogen and oxygen atoms in total. The summed E-state index contributed by atoms with van der Waals surface area (Å²) in [5.74, 6) is 4.36. The number of benzene rings is 10. The number of para-hydroxylation sites is 1. The van der Waals surface area contributed by atoms with Crippen LogP contribution < -0.4 is 9.47 Å². The lowest BCUT2D eigenvalue weighted by molar-refractivity contribution is 0.361. The van der Waals surface area contributed by atoms with Crippen LogP contribution in [0, 0.1) is 0 Å². The van der Waals surface area contributed by atoms with Crippen molar-refractivity contribution >= 4 is 10.8 Å². The first-order valence-corrected chi connectivity index (χ1v) is 22.6. The van der Waals surface area contributed by atoms with Gasteiger partial charge in [0.1, 0.15) is 0 Å². The van der Waals surface area contributed by atoms with E-state index in [9.17, 15) is 0 Å². The van der Waals surface area contributed by atoms with Crippen molar-refractivity contribution in [3.63, 3.8) is 0 Å². The zero-order valence-electron chi connectivity index (χ0n) is 36.2. The molecule has 0 spiro atoms. The molecule has 0 atom stereocenters. The summed E-state index contributed by atoms with van der Waals surface area (Å²) in [6.45, 7) is 0. The third kappa shape index (κ3) is 6.13. The lowest BCUT2D eigenvalue weighted by Crippen LogP contribution is -2.28. The van der Waals surface area contributed by atoms with Gasteiger partial charge in [0.25, 0.3) is 0 Å². The van der Waals surface area contributed by atoms with Crippen molar-refractivity contribution in [3.05, 3.63) is 259 Å². The molecule has 0 saturated heterocycles. The van der Waals surface area contributed by atoms with Crippen LogP contribution in [0.1, 0.15) is 22.3 Å². The molecular weight excluding hydrogens is 819 g/mol. The maximum atomic E-state index is 7.12. The normalized spacial score (nSPS) is 12.8. The second kappa shape index (κ2) is 15.7. The Morgan fingerprint density at radius 2 is 0.776 bits per heavy atom. The predicted octanol–water partition coefficient (Wildman–Crippen LogP) is 15.6. The number of aromatic nitrogens is 3. The standard InChI is InChI=1S/C62H39N3O2/c1-5-20-40(21-6-1)44-36-37-50(46-29-14-13-28-45(44)46)61-64-59(41-22-7-2-8-23-41)63-60(65-61)49-31-16-15-30-47(49)48-33-19-35-54-57(48)66-55-39-38-53-56(58(55)67-54)51-32-17-18-34-52(51)62(53,42-24-9-3-10-25-42)43-26-11-4-12-27-43/h1-39H. The lowest BCUT2D eigenvalue weighted by atomic mass is 9.68. The van der Waals surface area contributed by atoms with Crippen molar-refractivity contribution in [3.8, 4) is 90.5 Å². The predicted molar refractivity (Wildman–Crippen MR) is 268 cm³/mol. The fourth-order valence-electron chi connectivity index (χ4n) is 10.4. The molecule has 1 aliphatic carbocycles. The maximum absolute atomic E-state index is 7.12. The molecule has 0 amide bonds. The van der Waals surface area contributed by atoms with Crippen LogP contribution >= 0.6 is 0 Å². The zero-order chi connectivity index (χ0) is 44.3. The third-order valence-corrected chi connectivity index (χ3v) is 13.3. The highest BCUT2D eigenvalue weighted by Crippen LogP contribution is 2.63. The van der Waals surface area contributed by atoms with Crippen molar-refractivity contribution in [1.29, 1.82) is 0 Å². The van der Waals surface area contributed by atoms with Crippen LogP contribution in [0.25, 0.3) is 78.3 Å². The first-order valence-electron chi connectivity index (χ1n) is 22.6. The van der Waals surface area contributed by atoms with E-state index in [1.54, 1.807) is 0 Å². The van der Waals surface area contributed by atoms with Crippen LogP contribution in [0.2, 0.25) is 0 Å². The van der Waals surface area contributed by atoms with E-state index in [2.05, 4.69) is 176 Å². The highest BCUT2D eigenvalue weighted by atomic mass is 16.6. The molecule has 11 aromatic rings. The van der Waals surface area contributed by atoms with Crippen LogP contribution in [0.3, 0.4) is 0 Å². The molecule has 0 saturated carbocycles. The Bertz CT molecular complexity index is 3650. The Hall–Kier alpha value is -8.93. The minimum atomic E-state index is -0.563. The van der Waals surface area contributed by atoms with Gasteiger partial charge >= 0.3 is 0 Å². The third-order valence-electron chi connectivity index (χ3n) is 13.3. The van der Waals surface area contributed by atoms with Gasteiger partial charge in [-0.25, -0.2) is 15.0 Å². The molecule has 0 fully saturated rings. The van der Waals surface area contributed by atoms with Crippen LogP contribution in [0.4, 0.5) is 0 Å². The van der Waals surface area contributed by atoms with Gasteiger partial charge in [0, 0.05) is 27.8 Å². The Kier molecular flexibility index (Phi) is 9.00. The van der Waals surface area contributed by atoms with Gasteiger partial charge < -0.3 is 9.47 Å². The van der Waals surface area contributed by atoms with E-state index in [0.717, 1.165) is 66.4 Å². The zero-order valence-corrected chi connectivity index (χ0v) is 36.2. The second-order valence-electron chi connectivity index (χ2n) is 17.0. The number of hydrogen-bond donors (Lipinski definition) is 0. The van der Waals surface area contributed by atoms with Crippen molar-refractivity contribution in [2.75, 3.05) is 0 Å². The van der Waals surface area contributed by atoms with Crippen molar-refractivity contribution < 1.29 is 9.47 Å². The summed E-state index contributed by atoms with van der Waals surface area (Å²) in [5.41, 5.74) is 13.1. The Balaban J connectivity index is 0.957. The molecular formula is C62H39N3O2. The van der Waals surface area contributed by atoms with Crippen molar-refractivity contribution in [2.45, 2.75) is 5.41 Å². The van der Waals surface area contributed by atoms with Gasteiger partial charge in [0.2, 0.25) is 0 Å². The highest BCUT2D eigenvalue weighted by Gasteiger charge is 2.48. The largest absolute Gasteiger partial charge is 0.449 e. The molecule has 1 aliphatic heterocycles. The smallest absolute Gasteiger partial charge is 0.178 e. The van der Waals surface area contributed by atoms with Gasteiger partial charge in [0.05, 0.1) is 5.41 Å². The topological polar surface area (TPSA) is 57.1 Å². The SMILES string of the molecule is c1ccc(-c2nc(-c3ccccc3-c3cccc4c3Oc3ccc5c(c3O4)-c3ccccc3C5(c3ccccc3)c3ccccc3)nc(-c3ccc(-c4ccccc4)c4ccccc34)n2)cc1. The maximum Gasteiger partial charge on any atom is 0.178 e. The summed E-state index contributed by atoms with van der Waals surface area (Å²) < 4.78 is 14.2. The fraction of sp³-hybridized carbons (Fsp3) is 0.0161. The van der Waals surface area contributed by atoms with Gasteiger partial charge in [0.15, 0.2) is 40.5 Å². The van der Waals surface area contributed by atoms with E-state index in [-0.39, 0.29) is 0 Å². The van der Waals surface area contributed by atoms with Crippen LogP contribution in [-0.2, 0) is 5.41 Å². The first-order chi connectivity index (χ1) is 33.2. The quantitative estimate of drug-likeness (QED) is 0.160.